The Bertz CT molecular complexity index is 321. The van der Waals surface area contributed by atoms with Gasteiger partial charge in [0.2, 0.25) is 9.97 Å². The van der Waals surface area contributed by atoms with E-state index in [0.717, 1.165) is 0 Å². The van der Waals surface area contributed by atoms with Gasteiger partial charge in [-0.1, -0.05) is 35.8 Å². The molecule has 1 aromatic rings. The van der Waals surface area contributed by atoms with Gasteiger partial charge in [0.25, 0.3) is 0 Å². The van der Waals surface area contributed by atoms with Gasteiger partial charge in [-0.15, -0.1) is 0 Å². The zero-order valence-electron chi connectivity index (χ0n) is 6.27. The molecule has 12 heavy (non-hydrogen) atoms. The molecule has 0 aliphatic carbocycles. The fourth-order valence-electron chi connectivity index (χ4n) is 0.785. The molecule has 3 N–H and O–H groups in total. The van der Waals surface area contributed by atoms with Crippen molar-refractivity contribution < 1.29 is 18.4 Å². The Morgan fingerprint density at radius 2 is 1.67 bits per heavy atom. The van der Waals surface area contributed by atoms with E-state index in [1.807, 2.05) is 0 Å². The Morgan fingerprint density at radius 3 is 2.08 bits per heavy atom. The van der Waals surface area contributed by atoms with Gasteiger partial charge in [0.05, 0.1) is 0 Å². The van der Waals surface area contributed by atoms with Crippen molar-refractivity contribution >= 4 is 22.0 Å². The second-order valence-electron chi connectivity index (χ2n) is 2.21. The molecular formula is C6H9BO4S. The van der Waals surface area contributed by atoms with Gasteiger partial charge in [0.15, 0.2) is 0 Å². The highest BCUT2D eigenvalue weighted by Gasteiger charge is 2.08. The largest absolute Gasteiger partial charge is 0.412 e. The summed E-state index contributed by atoms with van der Waals surface area (Å²) in [5.41, 5.74) is 0.593. The first kappa shape index (κ1) is 11.2. The Kier molecular flexibility index (Phi) is 3.95. The molecular weight excluding hydrogens is 179 g/mol. The quantitative estimate of drug-likeness (QED) is 0.463. The summed E-state index contributed by atoms with van der Waals surface area (Å²) in [6.07, 6.45) is 0. The maximum absolute atomic E-state index is 10.4. The van der Waals surface area contributed by atoms with Crippen LogP contribution in [0.1, 0.15) is 0 Å². The number of benzene rings is 1. The van der Waals surface area contributed by atoms with Crippen LogP contribution in [0.15, 0.2) is 30.3 Å². The smallest absolute Gasteiger partial charge is 0.341 e. The normalized spacial score (nSPS) is 10.1. The molecule has 6 heteroatoms. The lowest BCUT2D eigenvalue weighted by atomic mass is 9.95. The van der Waals surface area contributed by atoms with E-state index in [2.05, 4.69) is 0 Å². The summed E-state index contributed by atoms with van der Waals surface area (Å²) in [5.74, 6) is 0. The molecule has 0 bridgehead atoms. The Hall–Kier alpha value is -0.845. The second-order valence-corrected chi connectivity index (χ2v) is 3.66. The first-order chi connectivity index (χ1) is 5.08. The van der Waals surface area contributed by atoms with Crippen LogP contribution in [0.3, 0.4) is 0 Å². The topological polar surface area (TPSA) is 85.9 Å². The second kappa shape index (κ2) is 4.25. The van der Waals surface area contributed by atoms with Crippen LogP contribution in [-0.4, -0.2) is 25.0 Å². The van der Waals surface area contributed by atoms with Crippen LogP contribution < -0.4 is 5.46 Å². The zero-order valence-corrected chi connectivity index (χ0v) is 7.08. The average molecular weight is 188 g/mol. The van der Waals surface area contributed by atoms with Crippen LogP contribution in [0.4, 0.5) is 0 Å². The first-order valence-electron chi connectivity index (χ1n) is 3.07. The van der Waals surface area contributed by atoms with Crippen molar-refractivity contribution in [3.63, 3.8) is 0 Å². The van der Waals surface area contributed by atoms with E-state index in [9.17, 15) is 8.42 Å². The van der Waals surface area contributed by atoms with Crippen LogP contribution in [-0.2, 0) is 9.97 Å². The lowest BCUT2D eigenvalue weighted by Crippen LogP contribution is -2.22. The van der Waals surface area contributed by atoms with Gasteiger partial charge in [0, 0.05) is 0 Å². The van der Waals surface area contributed by atoms with Crippen molar-refractivity contribution in [1.82, 2.24) is 0 Å². The minimum atomic E-state index is -3.88. The van der Waals surface area contributed by atoms with Gasteiger partial charge in [0.1, 0.15) is 0 Å². The molecule has 0 saturated heterocycles. The fraction of sp³-hybridized carbons (Fsp3) is 0. The molecule has 0 unspecified atom stereocenters. The lowest BCUT2D eigenvalue weighted by Gasteiger charge is -1.93. The first-order valence-corrected chi connectivity index (χ1v) is 4.68. The van der Waals surface area contributed by atoms with E-state index in [1.54, 1.807) is 30.3 Å². The predicted octanol–water partition coefficient (Wildman–Crippen LogP) is -1.27. The maximum Gasteiger partial charge on any atom is 0.341 e. The Balaban J connectivity index is 0.00000121. The van der Waals surface area contributed by atoms with Crippen LogP contribution in [0, 0.1) is 0 Å². The minimum Gasteiger partial charge on any atom is -0.412 e. The summed E-state index contributed by atoms with van der Waals surface area (Å²) in [6.45, 7) is -0.312. The molecule has 0 fully saturated rings. The van der Waals surface area contributed by atoms with Gasteiger partial charge in [-0.3, -0.25) is 4.55 Å². The van der Waals surface area contributed by atoms with Crippen molar-refractivity contribution in [2.45, 2.75) is 0 Å². The molecule has 0 aromatic heterocycles. The maximum atomic E-state index is 10.4. The number of hydrogen-bond acceptors (Lipinski definition) is 2. The summed E-state index contributed by atoms with van der Waals surface area (Å²) in [7, 11) is -3.88. The minimum absolute atomic E-state index is 0. The van der Waals surface area contributed by atoms with Gasteiger partial charge >= 0.3 is 6.56 Å². The van der Waals surface area contributed by atoms with Crippen LogP contribution >= 0.6 is 0 Å². The molecule has 4 nitrogen and oxygen atoms in total. The highest BCUT2D eigenvalue weighted by molar-refractivity contribution is 8.12. The van der Waals surface area contributed by atoms with Crippen LogP contribution in [0.5, 0.6) is 0 Å². The number of hydrogen-bond donors (Lipinski definition) is 1. The SMILES string of the molecule is O.O=S(=O)(O)Bc1ccccc1. The molecule has 0 saturated carbocycles. The molecule has 1 rings (SSSR count). The van der Waals surface area contributed by atoms with Crippen molar-refractivity contribution in [3.05, 3.63) is 30.3 Å². The summed E-state index contributed by atoms with van der Waals surface area (Å²) < 4.78 is 29.2. The van der Waals surface area contributed by atoms with Crippen molar-refractivity contribution in [2.24, 2.45) is 0 Å². The van der Waals surface area contributed by atoms with Gasteiger partial charge in [-0.2, -0.15) is 0 Å². The summed E-state index contributed by atoms with van der Waals surface area (Å²) in [5, 5.41) is 0. The standard InChI is InChI=1S/C6H7BO3S.H2O/c8-11(9,10)7-6-4-2-1-3-5-6;/h1-5,7H,(H,8,9,10);1H2. The van der Waals surface area contributed by atoms with Gasteiger partial charge in [-0.25, -0.2) is 8.42 Å². The molecule has 0 atom stereocenters. The highest BCUT2D eigenvalue weighted by Crippen LogP contribution is 1.84. The summed E-state index contributed by atoms with van der Waals surface area (Å²) in [6, 6.07) is 8.52. The molecule has 0 amide bonds. The number of rotatable bonds is 2. The average Bonchev–Trinajstić information content (AvgIpc) is 1.85. The van der Waals surface area contributed by atoms with E-state index in [4.69, 9.17) is 4.55 Å². The van der Waals surface area contributed by atoms with Gasteiger partial charge < -0.3 is 5.48 Å². The Morgan fingerprint density at radius 1 is 1.17 bits per heavy atom. The van der Waals surface area contributed by atoms with Crippen molar-refractivity contribution in [2.75, 3.05) is 0 Å². The summed E-state index contributed by atoms with van der Waals surface area (Å²) >= 11 is 0. The predicted molar refractivity (Wildman–Crippen MR) is 48.4 cm³/mol. The summed E-state index contributed by atoms with van der Waals surface area (Å²) in [4.78, 5) is 0. The fourth-order valence-corrected chi connectivity index (χ4v) is 1.40. The molecule has 0 spiro atoms. The van der Waals surface area contributed by atoms with E-state index in [-0.39, 0.29) is 12.0 Å². The van der Waals surface area contributed by atoms with Crippen LogP contribution in [0.2, 0.25) is 0 Å². The molecule has 0 radical (unpaired) electrons. The van der Waals surface area contributed by atoms with Crippen LogP contribution in [0.25, 0.3) is 0 Å². The highest BCUT2D eigenvalue weighted by atomic mass is 32.2. The molecule has 1 aromatic carbocycles. The van der Waals surface area contributed by atoms with E-state index >= 15 is 0 Å². The molecule has 0 heterocycles. The van der Waals surface area contributed by atoms with Crippen molar-refractivity contribution in [3.8, 4) is 0 Å². The third kappa shape index (κ3) is 4.12. The zero-order chi connectivity index (χ0) is 8.32. The van der Waals surface area contributed by atoms with Crippen molar-refractivity contribution in [1.29, 1.82) is 0 Å². The third-order valence-electron chi connectivity index (χ3n) is 1.19. The lowest BCUT2D eigenvalue weighted by molar-refractivity contribution is 0.501. The van der Waals surface area contributed by atoms with E-state index in [1.165, 1.54) is 0 Å². The van der Waals surface area contributed by atoms with Gasteiger partial charge in [-0.05, 0) is 0 Å². The van der Waals surface area contributed by atoms with E-state index < -0.39 is 9.97 Å². The monoisotopic (exact) mass is 188 g/mol. The molecule has 66 valence electrons. The molecule has 0 aliphatic rings. The Labute approximate surface area is 71.4 Å². The third-order valence-corrected chi connectivity index (χ3v) is 1.89. The van der Waals surface area contributed by atoms with E-state index in [0.29, 0.717) is 5.46 Å². The molecule has 0 aliphatic heterocycles.